The predicted octanol–water partition coefficient (Wildman–Crippen LogP) is 5.40. The number of aryl methyl sites for hydroxylation is 2. The first-order valence-corrected chi connectivity index (χ1v) is 12.6. The first kappa shape index (κ1) is 25.2. The molecule has 0 atom stereocenters. The van der Waals surface area contributed by atoms with Crippen molar-refractivity contribution in [3.8, 4) is 5.69 Å². The van der Waals surface area contributed by atoms with Crippen molar-refractivity contribution in [3.63, 3.8) is 0 Å². The smallest absolute Gasteiger partial charge is 0.336 e. The Morgan fingerprint density at radius 2 is 1.53 bits per heavy atom. The van der Waals surface area contributed by atoms with Gasteiger partial charge in [-0.05, 0) is 66.9 Å². The van der Waals surface area contributed by atoms with Gasteiger partial charge >= 0.3 is 5.69 Å². The minimum atomic E-state index is -0.469. The van der Waals surface area contributed by atoms with E-state index in [4.69, 9.17) is 11.6 Å². The van der Waals surface area contributed by atoms with E-state index in [9.17, 15) is 14.4 Å². The van der Waals surface area contributed by atoms with Gasteiger partial charge in [0.05, 0.1) is 23.1 Å². The molecule has 0 unspecified atom stereocenters. The van der Waals surface area contributed by atoms with E-state index in [0.29, 0.717) is 27.2 Å². The third kappa shape index (κ3) is 4.91. The number of halogens is 1. The molecule has 0 aliphatic rings. The Bertz CT molecular complexity index is 1790. The van der Waals surface area contributed by atoms with Gasteiger partial charge in [0.25, 0.3) is 11.5 Å². The lowest BCUT2D eigenvalue weighted by Crippen LogP contribution is -2.39. The lowest BCUT2D eigenvalue weighted by atomic mass is 10.1. The molecule has 1 aromatic heterocycles. The summed E-state index contributed by atoms with van der Waals surface area (Å²) in [5.74, 6) is -0.329. The molecule has 5 aromatic rings. The van der Waals surface area contributed by atoms with Crippen molar-refractivity contribution in [2.24, 2.45) is 0 Å². The van der Waals surface area contributed by atoms with Crippen LogP contribution in [-0.2, 0) is 13.1 Å². The number of hydrogen-bond acceptors (Lipinski definition) is 3. The maximum atomic E-state index is 13.8. The maximum Gasteiger partial charge on any atom is 0.336 e. The third-order valence-electron chi connectivity index (χ3n) is 6.69. The van der Waals surface area contributed by atoms with Crippen LogP contribution in [0.4, 0.5) is 0 Å². The largest absolute Gasteiger partial charge is 0.348 e. The second-order valence-corrected chi connectivity index (χ2v) is 9.68. The molecule has 5 rings (SSSR count). The minimum Gasteiger partial charge on any atom is -0.348 e. The Morgan fingerprint density at radius 1 is 0.842 bits per heavy atom. The van der Waals surface area contributed by atoms with Crippen LogP contribution in [0.3, 0.4) is 0 Å². The van der Waals surface area contributed by atoms with Crippen LogP contribution in [0.1, 0.15) is 32.6 Å². The van der Waals surface area contributed by atoms with E-state index >= 15 is 0 Å². The quantitative estimate of drug-likeness (QED) is 0.324. The van der Waals surface area contributed by atoms with Gasteiger partial charge in [0.15, 0.2) is 0 Å². The second kappa shape index (κ2) is 10.5. The summed E-state index contributed by atoms with van der Waals surface area (Å²) in [6, 6.07) is 27.2. The average Bonchev–Trinajstić information content (AvgIpc) is 2.92. The Kier molecular flexibility index (Phi) is 6.99. The molecular formula is C31H26ClN3O3. The van der Waals surface area contributed by atoms with Gasteiger partial charge in [0.2, 0.25) is 0 Å². The molecule has 1 N–H and O–H groups in total. The molecule has 0 fully saturated rings. The van der Waals surface area contributed by atoms with Crippen molar-refractivity contribution in [3.05, 3.63) is 145 Å². The topological polar surface area (TPSA) is 73.1 Å². The molecule has 0 saturated carbocycles. The molecule has 190 valence electrons. The first-order chi connectivity index (χ1) is 18.3. The van der Waals surface area contributed by atoms with Gasteiger partial charge in [-0.15, -0.1) is 0 Å². The number of nitrogens with one attached hydrogen (secondary N) is 1. The first-order valence-electron chi connectivity index (χ1n) is 12.3. The zero-order valence-electron chi connectivity index (χ0n) is 21.1. The maximum absolute atomic E-state index is 13.8. The van der Waals surface area contributed by atoms with Crippen molar-refractivity contribution in [2.75, 3.05) is 0 Å². The molecule has 38 heavy (non-hydrogen) atoms. The van der Waals surface area contributed by atoms with E-state index in [2.05, 4.69) is 5.32 Å². The minimum absolute atomic E-state index is 0.249. The number of carbonyl (C=O) groups is 1. The van der Waals surface area contributed by atoms with Gasteiger partial charge < -0.3 is 5.32 Å². The van der Waals surface area contributed by atoms with E-state index in [-0.39, 0.29) is 19.0 Å². The van der Waals surface area contributed by atoms with Crippen LogP contribution in [0.5, 0.6) is 0 Å². The SMILES string of the molecule is Cc1ccc(-n2c(=O)c3ccc(C(=O)NCc4ccccc4Cl)cc3n(Cc3ccccc3C)c2=O)cc1. The van der Waals surface area contributed by atoms with Crippen LogP contribution in [0.2, 0.25) is 5.02 Å². The standard InChI is InChI=1S/C31H26ClN3O3/c1-20-11-14-25(15-12-20)35-30(37)26-16-13-22(29(36)33-18-23-8-5-6-10-27(23)32)17-28(26)34(31(35)38)19-24-9-4-3-7-21(24)2/h3-17H,18-19H2,1-2H3,(H,33,36). The van der Waals surface area contributed by atoms with Crippen LogP contribution in [0, 0.1) is 13.8 Å². The van der Waals surface area contributed by atoms with Crippen molar-refractivity contribution in [2.45, 2.75) is 26.9 Å². The van der Waals surface area contributed by atoms with E-state index in [0.717, 1.165) is 22.3 Å². The van der Waals surface area contributed by atoms with E-state index in [1.807, 2.05) is 68.4 Å². The highest BCUT2D eigenvalue weighted by Crippen LogP contribution is 2.18. The number of carbonyl (C=O) groups excluding carboxylic acids is 1. The molecule has 0 aliphatic heterocycles. The summed E-state index contributed by atoms with van der Waals surface area (Å²) in [7, 11) is 0. The zero-order chi connectivity index (χ0) is 26.8. The zero-order valence-corrected chi connectivity index (χ0v) is 21.8. The molecule has 4 aromatic carbocycles. The Labute approximate surface area is 224 Å². The number of aromatic nitrogens is 2. The van der Waals surface area contributed by atoms with Crippen LogP contribution in [-0.4, -0.2) is 15.0 Å². The number of hydrogen-bond donors (Lipinski definition) is 1. The molecule has 0 saturated heterocycles. The van der Waals surface area contributed by atoms with Gasteiger partial charge in [-0.3, -0.25) is 14.2 Å². The van der Waals surface area contributed by atoms with Crippen LogP contribution < -0.4 is 16.6 Å². The van der Waals surface area contributed by atoms with Gasteiger partial charge in [-0.2, -0.15) is 0 Å². The van der Waals surface area contributed by atoms with E-state index in [1.165, 1.54) is 4.57 Å². The lowest BCUT2D eigenvalue weighted by Gasteiger charge is -2.16. The molecule has 0 spiro atoms. The fourth-order valence-corrected chi connectivity index (χ4v) is 4.66. The summed E-state index contributed by atoms with van der Waals surface area (Å²) in [4.78, 5) is 40.5. The van der Waals surface area contributed by atoms with Gasteiger partial charge in [-0.25, -0.2) is 9.36 Å². The molecule has 7 heteroatoms. The summed E-state index contributed by atoms with van der Waals surface area (Å²) in [6.45, 7) is 4.42. The number of benzene rings is 4. The Hall–Kier alpha value is -4.42. The summed E-state index contributed by atoms with van der Waals surface area (Å²) >= 11 is 6.22. The molecular weight excluding hydrogens is 498 g/mol. The molecule has 6 nitrogen and oxygen atoms in total. The van der Waals surface area contributed by atoms with Crippen LogP contribution >= 0.6 is 11.6 Å². The second-order valence-electron chi connectivity index (χ2n) is 9.28. The predicted molar refractivity (Wildman–Crippen MR) is 151 cm³/mol. The number of nitrogens with zero attached hydrogens (tertiary/aromatic N) is 2. The molecule has 0 radical (unpaired) electrons. The molecule has 0 bridgehead atoms. The average molecular weight is 524 g/mol. The van der Waals surface area contributed by atoms with E-state index in [1.54, 1.807) is 41.0 Å². The highest BCUT2D eigenvalue weighted by molar-refractivity contribution is 6.31. The lowest BCUT2D eigenvalue weighted by molar-refractivity contribution is 0.0951. The number of fused-ring (bicyclic) bond motifs is 1. The van der Waals surface area contributed by atoms with Crippen LogP contribution in [0.15, 0.2) is 101 Å². The van der Waals surface area contributed by atoms with E-state index < -0.39 is 11.2 Å². The van der Waals surface area contributed by atoms with Crippen molar-refractivity contribution < 1.29 is 4.79 Å². The Morgan fingerprint density at radius 3 is 2.24 bits per heavy atom. The summed E-state index contributed by atoms with van der Waals surface area (Å²) in [5.41, 5.74) is 4.12. The monoisotopic (exact) mass is 523 g/mol. The van der Waals surface area contributed by atoms with Gasteiger partial charge in [0.1, 0.15) is 0 Å². The molecule has 1 amide bonds. The fourth-order valence-electron chi connectivity index (χ4n) is 4.46. The fraction of sp³-hybridized carbons (Fsp3) is 0.129. The van der Waals surface area contributed by atoms with Crippen molar-refractivity contribution in [1.82, 2.24) is 14.5 Å². The van der Waals surface area contributed by atoms with Crippen molar-refractivity contribution >= 4 is 28.4 Å². The van der Waals surface area contributed by atoms with Gasteiger partial charge in [0, 0.05) is 17.1 Å². The third-order valence-corrected chi connectivity index (χ3v) is 7.05. The highest BCUT2D eigenvalue weighted by atomic mass is 35.5. The summed E-state index contributed by atoms with van der Waals surface area (Å²) < 4.78 is 2.75. The van der Waals surface area contributed by atoms with Crippen LogP contribution in [0.25, 0.3) is 16.6 Å². The highest BCUT2D eigenvalue weighted by Gasteiger charge is 2.18. The molecule has 1 heterocycles. The van der Waals surface area contributed by atoms with Crippen molar-refractivity contribution in [1.29, 1.82) is 0 Å². The summed E-state index contributed by atoms with van der Waals surface area (Å²) in [5, 5.41) is 3.79. The van der Waals surface area contributed by atoms with Gasteiger partial charge in [-0.1, -0.05) is 71.8 Å². The number of rotatable bonds is 6. The Balaban J connectivity index is 1.64. The number of amides is 1. The normalized spacial score (nSPS) is 11.0. The molecule has 0 aliphatic carbocycles. The summed E-state index contributed by atoms with van der Waals surface area (Å²) in [6.07, 6.45) is 0.